The van der Waals surface area contributed by atoms with Gasteiger partial charge in [-0.3, -0.25) is 0 Å². The van der Waals surface area contributed by atoms with Gasteiger partial charge in [-0.05, 0) is 29.8 Å². The van der Waals surface area contributed by atoms with Gasteiger partial charge in [0.05, 0.1) is 23.5 Å². The lowest BCUT2D eigenvalue weighted by Crippen LogP contribution is -2.05. The van der Waals surface area contributed by atoms with E-state index in [4.69, 9.17) is 10.5 Å². The number of hydrogen-bond donors (Lipinski definition) is 3. The number of hydrogen-bond acceptors (Lipinski definition) is 4. The molecule has 0 spiro atoms. The highest BCUT2D eigenvalue weighted by atomic mass is 16.5. The summed E-state index contributed by atoms with van der Waals surface area (Å²) in [6.45, 7) is 0.492. The van der Waals surface area contributed by atoms with E-state index in [-0.39, 0.29) is 5.56 Å². The minimum absolute atomic E-state index is 0.141. The first kappa shape index (κ1) is 13.9. The van der Waals surface area contributed by atoms with Crippen LogP contribution in [0.2, 0.25) is 0 Å². The fraction of sp³-hybridized carbons (Fsp3) is 0.133. The van der Waals surface area contributed by atoms with Crippen molar-refractivity contribution in [2.24, 2.45) is 0 Å². The zero-order chi connectivity index (χ0) is 14.5. The SMILES string of the molecule is COCc1cccc(Nc2c(N)cccc2C(=O)O)c1. The molecule has 0 amide bonds. The Morgan fingerprint density at radius 3 is 2.75 bits per heavy atom. The Labute approximate surface area is 117 Å². The Morgan fingerprint density at radius 1 is 1.30 bits per heavy atom. The van der Waals surface area contributed by atoms with Crippen molar-refractivity contribution >= 4 is 23.0 Å². The average molecular weight is 272 g/mol. The van der Waals surface area contributed by atoms with E-state index in [1.165, 1.54) is 6.07 Å². The maximum atomic E-state index is 11.2. The molecular weight excluding hydrogens is 256 g/mol. The number of para-hydroxylation sites is 1. The first-order chi connectivity index (χ1) is 9.61. The molecule has 0 bridgehead atoms. The molecule has 0 unspecified atom stereocenters. The summed E-state index contributed by atoms with van der Waals surface area (Å²) in [6, 6.07) is 12.3. The summed E-state index contributed by atoms with van der Waals surface area (Å²) >= 11 is 0. The fourth-order valence-electron chi connectivity index (χ4n) is 1.94. The second-order valence-corrected chi connectivity index (χ2v) is 4.33. The molecule has 0 aliphatic carbocycles. The molecule has 2 aromatic rings. The maximum Gasteiger partial charge on any atom is 0.337 e. The van der Waals surface area contributed by atoms with Crippen molar-refractivity contribution in [1.29, 1.82) is 0 Å². The molecule has 5 heteroatoms. The number of carbonyl (C=O) groups is 1. The van der Waals surface area contributed by atoms with Gasteiger partial charge in [0, 0.05) is 12.8 Å². The summed E-state index contributed by atoms with van der Waals surface area (Å²) in [4.78, 5) is 11.2. The van der Waals surface area contributed by atoms with Crippen molar-refractivity contribution in [2.45, 2.75) is 6.61 Å². The number of anilines is 3. The zero-order valence-corrected chi connectivity index (χ0v) is 11.1. The van der Waals surface area contributed by atoms with Gasteiger partial charge in [-0.15, -0.1) is 0 Å². The highest BCUT2D eigenvalue weighted by Crippen LogP contribution is 2.27. The fourth-order valence-corrected chi connectivity index (χ4v) is 1.94. The van der Waals surface area contributed by atoms with E-state index >= 15 is 0 Å². The summed E-state index contributed by atoms with van der Waals surface area (Å²) < 4.78 is 5.07. The van der Waals surface area contributed by atoms with Crippen LogP contribution in [0.3, 0.4) is 0 Å². The van der Waals surface area contributed by atoms with E-state index in [0.29, 0.717) is 18.0 Å². The Hall–Kier alpha value is -2.53. The van der Waals surface area contributed by atoms with Crippen molar-refractivity contribution in [3.8, 4) is 0 Å². The Kier molecular flexibility index (Phi) is 4.22. The smallest absolute Gasteiger partial charge is 0.337 e. The predicted molar refractivity (Wildman–Crippen MR) is 78.3 cm³/mol. The van der Waals surface area contributed by atoms with Gasteiger partial charge in [-0.1, -0.05) is 18.2 Å². The van der Waals surface area contributed by atoms with Gasteiger partial charge in [0.2, 0.25) is 0 Å². The van der Waals surface area contributed by atoms with E-state index in [0.717, 1.165) is 11.3 Å². The van der Waals surface area contributed by atoms with Crippen LogP contribution >= 0.6 is 0 Å². The van der Waals surface area contributed by atoms with Crippen molar-refractivity contribution in [3.05, 3.63) is 53.6 Å². The number of nitrogens with one attached hydrogen (secondary N) is 1. The summed E-state index contributed by atoms with van der Waals surface area (Å²) in [5.74, 6) is -1.02. The lowest BCUT2D eigenvalue weighted by Gasteiger charge is -2.13. The number of nitrogens with two attached hydrogens (primary N) is 1. The summed E-state index contributed by atoms with van der Waals surface area (Å²) in [7, 11) is 1.62. The molecule has 0 aliphatic rings. The van der Waals surface area contributed by atoms with E-state index in [9.17, 15) is 9.90 Å². The maximum absolute atomic E-state index is 11.2. The molecule has 0 radical (unpaired) electrons. The lowest BCUT2D eigenvalue weighted by atomic mass is 10.1. The molecule has 0 fully saturated rings. The van der Waals surface area contributed by atoms with Crippen LogP contribution in [0.25, 0.3) is 0 Å². The minimum Gasteiger partial charge on any atom is -0.478 e. The van der Waals surface area contributed by atoms with Gasteiger partial charge in [0.1, 0.15) is 0 Å². The Balaban J connectivity index is 2.34. The summed E-state index contributed by atoms with van der Waals surface area (Å²) in [5, 5.41) is 12.3. The molecule has 2 rings (SSSR count). The molecule has 5 nitrogen and oxygen atoms in total. The van der Waals surface area contributed by atoms with E-state index in [1.54, 1.807) is 19.2 Å². The second-order valence-electron chi connectivity index (χ2n) is 4.33. The molecule has 0 atom stereocenters. The van der Waals surface area contributed by atoms with Gasteiger partial charge in [0.15, 0.2) is 0 Å². The molecule has 0 aromatic heterocycles. The van der Waals surface area contributed by atoms with Crippen LogP contribution in [0.15, 0.2) is 42.5 Å². The summed E-state index contributed by atoms with van der Waals surface area (Å²) in [5.41, 5.74) is 8.54. The largest absolute Gasteiger partial charge is 0.478 e. The molecule has 4 N–H and O–H groups in total. The van der Waals surface area contributed by atoms with Gasteiger partial charge in [-0.25, -0.2) is 4.79 Å². The second kappa shape index (κ2) is 6.08. The molecule has 0 heterocycles. The highest BCUT2D eigenvalue weighted by molar-refractivity contribution is 5.98. The Morgan fingerprint density at radius 2 is 2.05 bits per heavy atom. The number of ether oxygens (including phenoxy) is 1. The summed E-state index contributed by atoms with van der Waals surface area (Å²) in [6.07, 6.45) is 0. The molecular formula is C15H16N2O3. The Bertz CT molecular complexity index is 626. The van der Waals surface area contributed by atoms with Gasteiger partial charge in [-0.2, -0.15) is 0 Å². The number of rotatable bonds is 5. The minimum atomic E-state index is -1.02. The molecule has 20 heavy (non-hydrogen) atoms. The number of benzene rings is 2. The number of aromatic carboxylic acids is 1. The van der Waals surface area contributed by atoms with Gasteiger partial charge in [0.25, 0.3) is 0 Å². The van der Waals surface area contributed by atoms with E-state index in [2.05, 4.69) is 5.32 Å². The van der Waals surface area contributed by atoms with Crippen LogP contribution in [0.4, 0.5) is 17.1 Å². The first-order valence-corrected chi connectivity index (χ1v) is 6.08. The topological polar surface area (TPSA) is 84.6 Å². The van der Waals surface area contributed by atoms with E-state index in [1.807, 2.05) is 24.3 Å². The van der Waals surface area contributed by atoms with Gasteiger partial charge >= 0.3 is 5.97 Å². The zero-order valence-electron chi connectivity index (χ0n) is 11.1. The molecule has 0 saturated carbocycles. The van der Waals surface area contributed by atoms with Crippen LogP contribution in [-0.4, -0.2) is 18.2 Å². The number of carboxylic acids is 1. The third-order valence-corrected chi connectivity index (χ3v) is 2.83. The average Bonchev–Trinajstić information content (AvgIpc) is 2.41. The standard InChI is InChI=1S/C15H16N2O3/c1-20-9-10-4-2-5-11(8-10)17-14-12(15(18)19)6-3-7-13(14)16/h2-8,17H,9,16H2,1H3,(H,18,19). The van der Waals surface area contributed by atoms with Crippen LogP contribution in [0.1, 0.15) is 15.9 Å². The third kappa shape index (κ3) is 3.07. The van der Waals surface area contributed by atoms with Crippen molar-refractivity contribution < 1.29 is 14.6 Å². The number of methoxy groups -OCH3 is 1. The quantitative estimate of drug-likeness (QED) is 0.729. The van der Waals surface area contributed by atoms with Crippen molar-refractivity contribution in [3.63, 3.8) is 0 Å². The molecule has 2 aromatic carbocycles. The third-order valence-electron chi connectivity index (χ3n) is 2.83. The van der Waals surface area contributed by atoms with Crippen LogP contribution in [0, 0.1) is 0 Å². The highest BCUT2D eigenvalue weighted by Gasteiger charge is 2.12. The van der Waals surface area contributed by atoms with Crippen LogP contribution < -0.4 is 11.1 Å². The molecule has 104 valence electrons. The van der Waals surface area contributed by atoms with Gasteiger partial charge < -0.3 is 20.9 Å². The normalized spacial score (nSPS) is 10.2. The van der Waals surface area contributed by atoms with E-state index < -0.39 is 5.97 Å². The monoisotopic (exact) mass is 272 g/mol. The molecule has 0 aliphatic heterocycles. The lowest BCUT2D eigenvalue weighted by molar-refractivity contribution is 0.0698. The van der Waals surface area contributed by atoms with Crippen LogP contribution in [0.5, 0.6) is 0 Å². The number of carboxylic acid groups (broad SMARTS) is 1. The van der Waals surface area contributed by atoms with Crippen molar-refractivity contribution in [2.75, 3.05) is 18.2 Å². The molecule has 0 saturated heterocycles. The predicted octanol–water partition coefficient (Wildman–Crippen LogP) is 2.86. The van der Waals surface area contributed by atoms with Crippen LogP contribution in [-0.2, 0) is 11.3 Å². The number of nitrogen functional groups attached to an aromatic ring is 1. The van der Waals surface area contributed by atoms with Crippen molar-refractivity contribution in [1.82, 2.24) is 0 Å². The first-order valence-electron chi connectivity index (χ1n) is 6.08.